The zero-order chi connectivity index (χ0) is 15.2. The quantitative estimate of drug-likeness (QED) is 0.615. The molecule has 5 nitrogen and oxygen atoms in total. The first kappa shape index (κ1) is 18.4. The van der Waals surface area contributed by atoms with Crippen molar-refractivity contribution >= 4 is 5.97 Å². The zero-order valence-electron chi connectivity index (χ0n) is 12.4. The van der Waals surface area contributed by atoms with Gasteiger partial charge in [-0.15, -0.1) is 0 Å². The molecule has 0 atom stereocenters. The molecular weight excluding hydrogens is 260 g/mol. The highest BCUT2D eigenvalue weighted by Crippen LogP contribution is 2.12. The van der Waals surface area contributed by atoms with E-state index in [1.54, 1.807) is 6.07 Å². The van der Waals surface area contributed by atoms with Gasteiger partial charge in [-0.05, 0) is 25.5 Å². The molecule has 0 aromatic heterocycles. The minimum atomic E-state index is -0.275. The number of ether oxygens (including phenoxy) is 3. The van der Waals surface area contributed by atoms with Crippen LogP contribution in [0.3, 0.4) is 0 Å². The molecule has 20 heavy (non-hydrogen) atoms. The fraction of sp³-hybridized carbons (Fsp3) is 0.533. The van der Waals surface area contributed by atoms with E-state index in [1.165, 1.54) is 6.92 Å². The van der Waals surface area contributed by atoms with Gasteiger partial charge >= 0.3 is 5.97 Å². The Balaban J connectivity index is 0.000000388. The Morgan fingerprint density at radius 2 is 1.70 bits per heavy atom. The molecule has 0 unspecified atom stereocenters. The number of hydrogen-bond acceptors (Lipinski definition) is 5. The fourth-order valence-electron chi connectivity index (χ4n) is 1.17. The number of aryl methyl sites for hydroxylation is 1. The fourth-order valence-corrected chi connectivity index (χ4v) is 1.17. The topological polar surface area (TPSA) is 65.0 Å². The number of phenols is 1. The summed E-state index contributed by atoms with van der Waals surface area (Å²) in [6, 6.07) is 7.25. The van der Waals surface area contributed by atoms with Gasteiger partial charge in [-0.3, -0.25) is 4.79 Å². The van der Waals surface area contributed by atoms with Crippen LogP contribution < -0.4 is 0 Å². The van der Waals surface area contributed by atoms with Crippen LogP contribution >= 0.6 is 0 Å². The molecule has 0 aliphatic carbocycles. The number of esters is 1. The van der Waals surface area contributed by atoms with E-state index in [1.807, 2.05) is 32.0 Å². The Bertz CT molecular complexity index is 344. The van der Waals surface area contributed by atoms with Crippen LogP contribution in [0.4, 0.5) is 0 Å². The molecular formula is C15H24O5. The van der Waals surface area contributed by atoms with Crippen molar-refractivity contribution in [3.8, 4) is 5.75 Å². The second-order valence-corrected chi connectivity index (χ2v) is 3.94. The van der Waals surface area contributed by atoms with Gasteiger partial charge in [0.05, 0.1) is 19.8 Å². The van der Waals surface area contributed by atoms with Gasteiger partial charge in [-0.25, -0.2) is 0 Å². The number of phenolic OH excluding ortho intramolecular Hbond substituents is 1. The largest absolute Gasteiger partial charge is 0.508 e. The standard InChI is InChI=1S/C8H16O4.C7H8O/c1-3-10-4-5-11-6-7-12-8(2)9;1-6-4-2-3-5-7(6)8/h3-7H2,1-2H3;2-5,8H,1H3. The van der Waals surface area contributed by atoms with Crippen molar-refractivity contribution in [2.24, 2.45) is 0 Å². The first-order chi connectivity index (χ1) is 9.57. The molecule has 0 saturated carbocycles. The van der Waals surface area contributed by atoms with Gasteiger partial charge < -0.3 is 19.3 Å². The molecule has 1 rings (SSSR count). The van der Waals surface area contributed by atoms with Gasteiger partial charge in [0.1, 0.15) is 12.4 Å². The van der Waals surface area contributed by atoms with E-state index >= 15 is 0 Å². The normalized spacial score (nSPS) is 9.55. The van der Waals surface area contributed by atoms with E-state index in [0.717, 1.165) is 5.56 Å². The van der Waals surface area contributed by atoms with Gasteiger partial charge in [0.15, 0.2) is 0 Å². The number of rotatable bonds is 7. The molecule has 0 fully saturated rings. The van der Waals surface area contributed by atoms with E-state index in [0.29, 0.717) is 38.8 Å². The van der Waals surface area contributed by atoms with Crippen LogP contribution in [0.2, 0.25) is 0 Å². The van der Waals surface area contributed by atoms with Crippen LogP contribution in [0.5, 0.6) is 5.75 Å². The van der Waals surface area contributed by atoms with Gasteiger partial charge in [-0.1, -0.05) is 18.2 Å². The lowest BCUT2D eigenvalue weighted by Crippen LogP contribution is -2.10. The van der Waals surface area contributed by atoms with E-state index in [4.69, 9.17) is 14.6 Å². The van der Waals surface area contributed by atoms with Crippen molar-refractivity contribution in [3.05, 3.63) is 29.8 Å². The van der Waals surface area contributed by atoms with Crippen molar-refractivity contribution in [2.75, 3.05) is 33.0 Å². The predicted octanol–water partition coefficient (Wildman–Crippen LogP) is 2.30. The maximum absolute atomic E-state index is 10.3. The Labute approximate surface area is 120 Å². The summed E-state index contributed by atoms with van der Waals surface area (Å²) < 4.78 is 14.8. The van der Waals surface area contributed by atoms with Crippen molar-refractivity contribution in [1.82, 2.24) is 0 Å². The molecule has 0 amide bonds. The number of carbonyl (C=O) groups excluding carboxylic acids is 1. The van der Waals surface area contributed by atoms with Crippen LogP contribution in [-0.2, 0) is 19.0 Å². The number of carbonyl (C=O) groups is 1. The Hall–Kier alpha value is -1.59. The van der Waals surface area contributed by atoms with E-state index in [9.17, 15) is 4.79 Å². The van der Waals surface area contributed by atoms with Crippen molar-refractivity contribution in [1.29, 1.82) is 0 Å². The molecule has 0 aliphatic heterocycles. The van der Waals surface area contributed by atoms with Crippen LogP contribution in [0.25, 0.3) is 0 Å². The Morgan fingerprint density at radius 1 is 1.10 bits per heavy atom. The highest BCUT2D eigenvalue weighted by atomic mass is 16.6. The van der Waals surface area contributed by atoms with Crippen molar-refractivity contribution in [2.45, 2.75) is 20.8 Å². The van der Waals surface area contributed by atoms with Crippen LogP contribution in [-0.4, -0.2) is 44.1 Å². The lowest BCUT2D eigenvalue weighted by atomic mass is 10.2. The Morgan fingerprint density at radius 3 is 2.20 bits per heavy atom. The summed E-state index contributed by atoms with van der Waals surface area (Å²) >= 11 is 0. The summed E-state index contributed by atoms with van der Waals surface area (Å²) in [5, 5.41) is 8.92. The van der Waals surface area contributed by atoms with Crippen LogP contribution in [0.15, 0.2) is 24.3 Å². The minimum Gasteiger partial charge on any atom is -0.508 e. The third kappa shape index (κ3) is 11.5. The van der Waals surface area contributed by atoms with Gasteiger partial charge in [0, 0.05) is 13.5 Å². The zero-order valence-corrected chi connectivity index (χ0v) is 12.4. The van der Waals surface area contributed by atoms with Crippen LogP contribution in [0.1, 0.15) is 19.4 Å². The summed E-state index contributed by atoms with van der Waals surface area (Å²) in [5.41, 5.74) is 0.924. The molecule has 1 aromatic rings. The summed E-state index contributed by atoms with van der Waals surface area (Å²) in [6.07, 6.45) is 0. The van der Waals surface area contributed by atoms with Crippen molar-refractivity contribution in [3.63, 3.8) is 0 Å². The molecule has 0 aliphatic rings. The minimum absolute atomic E-state index is 0.275. The number of hydrogen-bond donors (Lipinski definition) is 1. The lowest BCUT2D eigenvalue weighted by molar-refractivity contribution is -0.142. The molecule has 0 bridgehead atoms. The maximum Gasteiger partial charge on any atom is 0.302 e. The maximum atomic E-state index is 10.3. The molecule has 114 valence electrons. The number of aromatic hydroxyl groups is 1. The third-order valence-electron chi connectivity index (χ3n) is 2.22. The molecule has 1 N–H and O–H groups in total. The third-order valence-corrected chi connectivity index (χ3v) is 2.22. The number of para-hydroxylation sites is 1. The first-order valence-corrected chi connectivity index (χ1v) is 6.61. The average molecular weight is 284 g/mol. The molecule has 1 aromatic carbocycles. The predicted molar refractivity (Wildman–Crippen MR) is 76.8 cm³/mol. The van der Waals surface area contributed by atoms with Crippen LogP contribution in [0, 0.1) is 6.92 Å². The smallest absolute Gasteiger partial charge is 0.302 e. The van der Waals surface area contributed by atoms with E-state index in [-0.39, 0.29) is 5.97 Å². The summed E-state index contributed by atoms with van der Waals surface area (Å²) in [7, 11) is 0. The summed E-state index contributed by atoms with van der Waals surface area (Å²) in [4.78, 5) is 10.3. The lowest BCUT2D eigenvalue weighted by Gasteiger charge is -2.03. The first-order valence-electron chi connectivity index (χ1n) is 6.61. The van der Waals surface area contributed by atoms with E-state index < -0.39 is 0 Å². The molecule has 0 heterocycles. The monoisotopic (exact) mass is 284 g/mol. The van der Waals surface area contributed by atoms with Crippen molar-refractivity contribution < 1.29 is 24.1 Å². The second-order valence-electron chi connectivity index (χ2n) is 3.94. The molecule has 0 saturated heterocycles. The number of benzene rings is 1. The van der Waals surface area contributed by atoms with E-state index in [2.05, 4.69) is 4.74 Å². The molecule has 5 heteroatoms. The highest BCUT2D eigenvalue weighted by molar-refractivity contribution is 5.65. The Kier molecular flexibility index (Phi) is 11.5. The van der Waals surface area contributed by atoms with Gasteiger partial charge in [0.2, 0.25) is 0 Å². The SMILES string of the molecule is CCOCCOCCOC(C)=O.Cc1ccccc1O. The van der Waals surface area contributed by atoms with Gasteiger partial charge in [0.25, 0.3) is 0 Å². The second kappa shape index (κ2) is 12.4. The summed E-state index contributed by atoms with van der Waals surface area (Å²) in [5.74, 6) is 0.0934. The average Bonchev–Trinajstić information content (AvgIpc) is 2.42. The highest BCUT2D eigenvalue weighted by Gasteiger charge is 1.92. The summed E-state index contributed by atoms with van der Waals surface area (Å²) in [6.45, 7) is 7.78. The van der Waals surface area contributed by atoms with Gasteiger partial charge in [-0.2, -0.15) is 0 Å². The molecule has 0 spiro atoms. The molecule has 0 radical (unpaired) electrons.